The fourth-order valence-electron chi connectivity index (χ4n) is 1.37. The van der Waals surface area contributed by atoms with Gasteiger partial charge in [0.05, 0.1) is 0 Å². The lowest BCUT2D eigenvalue weighted by atomic mass is 10.2. The molecule has 1 aliphatic rings. The molecule has 0 unspecified atom stereocenters. The summed E-state index contributed by atoms with van der Waals surface area (Å²) in [6.07, 6.45) is 0.482. The molecule has 1 aliphatic heterocycles. The lowest BCUT2D eigenvalue weighted by Gasteiger charge is -2.30. The number of nitrogens with zero attached hydrogens (tertiary/aromatic N) is 1. The summed E-state index contributed by atoms with van der Waals surface area (Å²) in [5.41, 5.74) is 0. The Hall–Kier alpha value is -0.970. The van der Waals surface area contributed by atoms with Crippen molar-refractivity contribution in [2.24, 2.45) is 0 Å². The quantitative estimate of drug-likeness (QED) is 0.684. The minimum absolute atomic E-state index is 0.353. The average molecular weight is 204 g/mol. The van der Waals surface area contributed by atoms with E-state index in [1.54, 1.807) is 0 Å². The normalized spacial score (nSPS) is 18.0. The van der Waals surface area contributed by atoms with Crippen molar-refractivity contribution in [1.29, 1.82) is 0 Å². The SMILES string of the molecule is C=CCC(F)(F)C(=O)N1CCNCC1. The Morgan fingerprint density at radius 2 is 2.07 bits per heavy atom. The Kier molecular flexibility index (Phi) is 3.57. The number of carbonyl (C=O) groups excluding carboxylic acids is 1. The zero-order valence-electron chi connectivity index (χ0n) is 7.93. The molecule has 0 atom stereocenters. The van der Waals surface area contributed by atoms with Crippen LogP contribution in [0.5, 0.6) is 0 Å². The van der Waals surface area contributed by atoms with Crippen molar-refractivity contribution in [1.82, 2.24) is 10.2 Å². The number of amides is 1. The van der Waals surface area contributed by atoms with Gasteiger partial charge in [-0.2, -0.15) is 8.78 Å². The smallest absolute Gasteiger partial charge is 0.328 e. The fraction of sp³-hybridized carbons (Fsp3) is 0.667. The van der Waals surface area contributed by atoms with Crippen LogP contribution in [0, 0.1) is 0 Å². The summed E-state index contributed by atoms with van der Waals surface area (Å²) < 4.78 is 26.2. The van der Waals surface area contributed by atoms with Crippen molar-refractivity contribution in [2.75, 3.05) is 26.2 Å². The maximum absolute atomic E-state index is 13.1. The van der Waals surface area contributed by atoms with Crippen LogP contribution in [0.15, 0.2) is 12.7 Å². The molecular formula is C9H14F2N2O. The van der Waals surface area contributed by atoms with Gasteiger partial charge in [0, 0.05) is 32.6 Å². The van der Waals surface area contributed by atoms with Crippen LogP contribution in [0.2, 0.25) is 0 Å². The first-order valence-corrected chi connectivity index (χ1v) is 4.57. The highest BCUT2D eigenvalue weighted by atomic mass is 19.3. The van der Waals surface area contributed by atoms with E-state index in [9.17, 15) is 13.6 Å². The summed E-state index contributed by atoms with van der Waals surface area (Å²) in [6.45, 7) is 5.07. The Morgan fingerprint density at radius 3 is 2.57 bits per heavy atom. The molecular weight excluding hydrogens is 190 g/mol. The maximum atomic E-state index is 13.1. The Labute approximate surface area is 81.8 Å². The first kappa shape index (κ1) is 11.1. The van der Waals surface area contributed by atoms with Crippen LogP contribution >= 0.6 is 0 Å². The molecule has 0 spiro atoms. The number of halogens is 2. The van der Waals surface area contributed by atoms with Crippen molar-refractivity contribution in [2.45, 2.75) is 12.3 Å². The third-order valence-electron chi connectivity index (χ3n) is 2.12. The second-order valence-corrected chi connectivity index (χ2v) is 3.24. The molecule has 0 saturated carbocycles. The number of hydrogen-bond acceptors (Lipinski definition) is 2. The Balaban J connectivity index is 2.57. The van der Waals surface area contributed by atoms with E-state index < -0.39 is 18.3 Å². The number of nitrogens with one attached hydrogen (secondary N) is 1. The van der Waals surface area contributed by atoms with E-state index in [1.807, 2.05) is 0 Å². The summed E-state index contributed by atoms with van der Waals surface area (Å²) in [4.78, 5) is 12.5. The second-order valence-electron chi connectivity index (χ2n) is 3.24. The van der Waals surface area contributed by atoms with E-state index in [2.05, 4.69) is 11.9 Å². The van der Waals surface area contributed by atoms with Crippen LogP contribution in [0.1, 0.15) is 6.42 Å². The van der Waals surface area contributed by atoms with Gasteiger partial charge < -0.3 is 10.2 Å². The van der Waals surface area contributed by atoms with E-state index in [4.69, 9.17) is 0 Å². The molecule has 3 nitrogen and oxygen atoms in total. The van der Waals surface area contributed by atoms with Crippen molar-refractivity contribution in [3.63, 3.8) is 0 Å². The van der Waals surface area contributed by atoms with Gasteiger partial charge in [-0.05, 0) is 0 Å². The highest BCUT2D eigenvalue weighted by molar-refractivity contribution is 5.83. The largest absolute Gasteiger partial charge is 0.335 e. The standard InChI is InChI=1S/C9H14F2N2O/c1-2-3-9(10,11)8(14)13-6-4-12-5-7-13/h2,12H,1,3-7H2. The number of piperazine rings is 1. The molecule has 80 valence electrons. The molecule has 0 bridgehead atoms. The minimum Gasteiger partial charge on any atom is -0.335 e. The fourth-order valence-corrected chi connectivity index (χ4v) is 1.37. The zero-order chi connectivity index (χ0) is 10.6. The van der Waals surface area contributed by atoms with Gasteiger partial charge in [-0.15, -0.1) is 6.58 Å². The third-order valence-corrected chi connectivity index (χ3v) is 2.12. The molecule has 0 aromatic rings. The molecule has 1 fully saturated rings. The number of hydrogen-bond donors (Lipinski definition) is 1. The first-order chi connectivity index (χ1) is 6.58. The summed E-state index contributed by atoms with van der Waals surface area (Å²) in [5, 5.41) is 2.99. The molecule has 5 heteroatoms. The van der Waals surface area contributed by atoms with E-state index in [-0.39, 0.29) is 0 Å². The van der Waals surface area contributed by atoms with Crippen LogP contribution in [0.25, 0.3) is 0 Å². The highest BCUT2D eigenvalue weighted by Crippen LogP contribution is 2.21. The van der Waals surface area contributed by atoms with Gasteiger partial charge in [-0.3, -0.25) is 4.79 Å². The molecule has 1 saturated heterocycles. The van der Waals surface area contributed by atoms with Crippen molar-refractivity contribution in [3.05, 3.63) is 12.7 Å². The van der Waals surface area contributed by atoms with Crippen molar-refractivity contribution < 1.29 is 13.6 Å². The first-order valence-electron chi connectivity index (χ1n) is 4.57. The minimum atomic E-state index is -3.29. The van der Waals surface area contributed by atoms with Crippen LogP contribution in [0.4, 0.5) is 8.78 Å². The van der Waals surface area contributed by atoms with Gasteiger partial charge in [-0.25, -0.2) is 0 Å². The van der Waals surface area contributed by atoms with E-state index in [0.29, 0.717) is 26.2 Å². The number of alkyl halides is 2. The molecule has 14 heavy (non-hydrogen) atoms. The van der Waals surface area contributed by atoms with Crippen LogP contribution in [-0.2, 0) is 4.79 Å². The molecule has 1 rings (SSSR count). The molecule has 0 aromatic carbocycles. The molecule has 1 heterocycles. The highest BCUT2D eigenvalue weighted by Gasteiger charge is 2.40. The van der Waals surface area contributed by atoms with Crippen LogP contribution in [0.3, 0.4) is 0 Å². The maximum Gasteiger partial charge on any atom is 0.328 e. The summed E-state index contributed by atoms with van der Waals surface area (Å²) >= 11 is 0. The van der Waals surface area contributed by atoms with Crippen molar-refractivity contribution in [3.8, 4) is 0 Å². The summed E-state index contributed by atoms with van der Waals surface area (Å²) in [6, 6.07) is 0. The third kappa shape index (κ3) is 2.51. The molecule has 1 amide bonds. The number of allylic oxidation sites excluding steroid dienone is 1. The van der Waals surface area contributed by atoms with Gasteiger partial charge in [0.1, 0.15) is 0 Å². The Morgan fingerprint density at radius 1 is 1.50 bits per heavy atom. The predicted molar refractivity (Wildman–Crippen MR) is 49.2 cm³/mol. The van der Waals surface area contributed by atoms with Gasteiger partial charge in [0.2, 0.25) is 0 Å². The lowest BCUT2D eigenvalue weighted by molar-refractivity contribution is -0.157. The van der Waals surface area contributed by atoms with Gasteiger partial charge in [0.25, 0.3) is 5.91 Å². The van der Waals surface area contributed by atoms with E-state index >= 15 is 0 Å². The molecule has 0 aromatic heterocycles. The monoisotopic (exact) mass is 204 g/mol. The van der Waals surface area contributed by atoms with Crippen LogP contribution in [-0.4, -0.2) is 42.9 Å². The van der Waals surface area contributed by atoms with Gasteiger partial charge in [0.15, 0.2) is 0 Å². The predicted octanol–water partition coefficient (Wildman–Crippen LogP) is 0.630. The van der Waals surface area contributed by atoms with Crippen molar-refractivity contribution >= 4 is 5.91 Å². The number of carbonyl (C=O) groups is 1. The van der Waals surface area contributed by atoms with E-state index in [1.165, 1.54) is 4.90 Å². The topological polar surface area (TPSA) is 32.3 Å². The second kappa shape index (κ2) is 4.50. The molecule has 0 radical (unpaired) electrons. The molecule has 0 aliphatic carbocycles. The zero-order valence-corrected chi connectivity index (χ0v) is 7.93. The number of rotatable bonds is 3. The van der Waals surface area contributed by atoms with E-state index in [0.717, 1.165) is 6.08 Å². The Bertz CT molecular complexity index is 225. The summed E-state index contributed by atoms with van der Waals surface area (Å²) in [7, 11) is 0. The van der Waals surface area contributed by atoms with Crippen LogP contribution < -0.4 is 5.32 Å². The van der Waals surface area contributed by atoms with Gasteiger partial charge >= 0.3 is 5.92 Å². The molecule has 1 N–H and O–H groups in total. The average Bonchev–Trinajstić information content (AvgIpc) is 2.18. The summed E-state index contributed by atoms with van der Waals surface area (Å²) in [5.74, 6) is -4.38. The van der Waals surface area contributed by atoms with Gasteiger partial charge in [-0.1, -0.05) is 6.08 Å². The lowest BCUT2D eigenvalue weighted by Crippen LogP contribution is -2.51.